The molecule has 158 valence electrons. The fourth-order valence-corrected chi connectivity index (χ4v) is 3.85. The van der Waals surface area contributed by atoms with Crippen molar-refractivity contribution in [3.63, 3.8) is 0 Å². The van der Waals surface area contributed by atoms with E-state index in [2.05, 4.69) is 15.2 Å². The molecule has 0 spiro atoms. The quantitative estimate of drug-likeness (QED) is 0.299. The third-order valence-electron chi connectivity index (χ3n) is 5.59. The highest BCUT2D eigenvalue weighted by molar-refractivity contribution is 5.90. The number of rotatable bonds is 7. The number of pyridine rings is 1. The molecule has 2 saturated heterocycles. The van der Waals surface area contributed by atoms with E-state index in [0.717, 1.165) is 38.0 Å². The molecule has 0 atom stereocenters. The van der Waals surface area contributed by atoms with Crippen LogP contribution in [0, 0.1) is 0 Å². The SMILES string of the molecule is O=C(C=Cc1ccc(CN2CCC(NC3(C(=O)O)CCOCC3)CC2)cn1)NO. The fourth-order valence-electron chi connectivity index (χ4n) is 3.85. The normalized spacial score (nSPS) is 20.6. The molecule has 2 fully saturated rings. The predicted molar refractivity (Wildman–Crippen MR) is 105 cm³/mol. The highest BCUT2D eigenvalue weighted by atomic mass is 16.5. The van der Waals surface area contributed by atoms with Crippen LogP contribution in [0.4, 0.5) is 0 Å². The number of hydrogen-bond acceptors (Lipinski definition) is 7. The van der Waals surface area contributed by atoms with E-state index < -0.39 is 17.4 Å². The summed E-state index contributed by atoms with van der Waals surface area (Å²) in [5.41, 5.74) is 2.39. The molecule has 1 aromatic rings. The number of aliphatic carboxylic acids is 1. The molecule has 0 bridgehead atoms. The second kappa shape index (κ2) is 9.93. The highest BCUT2D eigenvalue weighted by Crippen LogP contribution is 2.24. The molecule has 0 aromatic carbocycles. The van der Waals surface area contributed by atoms with Crippen LogP contribution in [0.1, 0.15) is 36.9 Å². The van der Waals surface area contributed by atoms with Gasteiger partial charge in [-0.2, -0.15) is 0 Å². The summed E-state index contributed by atoms with van der Waals surface area (Å²) in [5, 5.41) is 21.6. The van der Waals surface area contributed by atoms with Crippen molar-refractivity contribution in [1.29, 1.82) is 0 Å². The smallest absolute Gasteiger partial charge is 0.324 e. The van der Waals surface area contributed by atoms with E-state index in [-0.39, 0.29) is 6.04 Å². The number of amides is 1. The fraction of sp³-hybridized carbons (Fsp3) is 0.550. The molecule has 1 aromatic heterocycles. The molecule has 9 nitrogen and oxygen atoms in total. The van der Waals surface area contributed by atoms with E-state index >= 15 is 0 Å². The highest BCUT2D eigenvalue weighted by Gasteiger charge is 2.42. The summed E-state index contributed by atoms with van der Waals surface area (Å²) in [5.74, 6) is -1.38. The third-order valence-corrected chi connectivity index (χ3v) is 5.59. The molecule has 3 rings (SSSR count). The number of nitrogens with one attached hydrogen (secondary N) is 2. The lowest BCUT2D eigenvalue weighted by atomic mass is 9.87. The van der Waals surface area contributed by atoms with Crippen molar-refractivity contribution < 1.29 is 24.6 Å². The Morgan fingerprint density at radius 3 is 2.59 bits per heavy atom. The Bertz CT molecular complexity index is 723. The summed E-state index contributed by atoms with van der Waals surface area (Å²) in [6.07, 6.45) is 7.34. The standard InChI is InChI=1S/C20H28N4O5/c25-18(23-28)4-3-16-2-1-15(13-21-16)14-24-9-5-17(6-10-24)22-20(19(26)27)7-11-29-12-8-20/h1-4,13,17,22,28H,5-12,14H2,(H,23,25)(H,26,27). The molecular weight excluding hydrogens is 376 g/mol. The molecule has 2 aliphatic heterocycles. The summed E-state index contributed by atoms with van der Waals surface area (Å²) in [6.45, 7) is 3.53. The first-order valence-corrected chi connectivity index (χ1v) is 9.89. The number of piperidine rings is 1. The van der Waals surface area contributed by atoms with Gasteiger partial charge in [-0.05, 0) is 56.5 Å². The molecule has 3 heterocycles. The summed E-state index contributed by atoms with van der Waals surface area (Å²) in [7, 11) is 0. The summed E-state index contributed by atoms with van der Waals surface area (Å²) in [4.78, 5) is 29.4. The number of hydrogen-bond donors (Lipinski definition) is 4. The molecule has 29 heavy (non-hydrogen) atoms. The van der Waals surface area contributed by atoms with Gasteiger partial charge in [-0.1, -0.05) is 6.07 Å². The maximum Gasteiger partial charge on any atom is 0.324 e. The molecule has 0 aliphatic carbocycles. The Morgan fingerprint density at radius 1 is 1.28 bits per heavy atom. The van der Waals surface area contributed by atoms with Crippen molar-refractivity contribution >= 4 is 18.0 Å². The Morgan fingerprint density at radius 2 is 2.00 bits per heavy atom. The molecular formula is C20H28N4O5. The number of carboxylic acid groups (broad SMARTS) is 1. The van der Waals surface area contributed by atoms with Crippen molar-refractivity contribution in [1.82, 2.24) is 20.7 Å². The minimum Gasteiger partial charge on any atom is -0.480 e. The molecule has 0 unspecified atom stereocenters. The minimum atomic E-state index is -0.856. The number of carboxylic acids is 1. The van der Waals surface area contributed by atoms with Gasteiger partial charge in [-0.25, -0.2) is 5.48 Å². The van der Waals surface area contributed by atoms with Crippen LogP contribution < -0.4 is 10.8 Å². The maximum atomic E-state index is 11.8. The van der Waals surface area contributed by atoms with E-state index in [0.29, 0.717) is 31.7 Å². The van der Waals surface area contributed by atoms with E-state index in [9.17, 15) is 14.7 Å². The zero-order valence-corrected chi connectivity index (χ0v) is 16.3. The van der Waals surface area contributed by atoms with Gasteiger partial charge in [0.05, 0.1) is 5.69 Å². The lowest BCUT2D eigenvalue weighted by Gasteiger charge is -2.40. The topological polar surface area (TPSA) is 124 Å². The number of carbonyl (C=O) groups is 2. The van der Waals surface area contributed by atoms with E-state index in [1.54, 1.807) is 6.20 Å². The number of ether oxygens (including phenoxy) is 1. The summed E-state index contributed by atoms with van der Waals surface area (Å²) >= 11 is 0. The number of hydroxylamine groups is 1. The van der Waals surface area contributed by atoms with Crippen molar-refractivity contribution in [2.75, 3.05) is 26.3 Å². The van der Waals surface area contributed by atoms with Gasteiger partial charge >= 0.3 is 5.97 Å². The maximum absolute atomic E-state index is 11.8. The summed E-state index contributed by atoms with van der Waals surface area (Å²) in [6, 6.07) is 3.99. The van der Waals surface area contributed by atoms with Gasteiger partial charge in [0, 0.05) is 38.1 Å². The zero-order chi connectivity index (χ0) is 20.7. The van der Waals surface area contributed by atoms with Crippen LogP contribution in [0.3, 0.4) is 0 Å². The molecule has 9 heteroatoms. The second-order valence-electron chi connectivity index (χ2n) is 7.60. The van der Waals surface area contributed by atoms with Gasteiger partial charge < -0.3 is 9.84 Å². The number of likely N-dealkylation sites (tertiary alicyclic amines) is 1. The Hall–Kier alpha value is -2.33. The van der Waals surface area contributed by atoms with Gasteiger partial charge in [0.1, 0.15) is 5.54 Å². The van der Waals surface area contributed by atoms with Crippen molar-refractivity contribution in [3.8, 4) is 0 Å². The van der Waals surface area contributed by atoms with E-state index in [4.69, 9.17) is 9.94 Å². The number of aromatic nitrogens is 1. The van der Waals surface area contributed by atoms with Crippen molar-refractivity contribution in [2.24, 2.45) is 0 Å². The van der Waals surface area contributed by atoms with Gasteiger partial charge in [0.15, 0.2) is 0 Å². The molecule has 1 amide bonds. The largest absolute Gasteiger partial charge is 0.480 e. The third kappa shape index (κ3) is 5.83. The minimum absolute atomic E-state index is 0.198. The van der Waals surface area contributed by atoms with Gasteiger partial charge in [-0.15, -0.1) is 0 Å². The number of nitrogens with zero attached hydrogens (tertiary/aromatic N) is 2. The molecule has 0 saturated carbocycles. The van der Waals surface area contributed by atoms with Crippen LogP contribution in [0.2, 0.25) is 0 Å². The average Bonchev–Trinajstić information content (AvgIpc) is 2.75. The van der Waals surface area contributed by atoms with Crippen LogP contribution >= 0.6 is 0 Å². The zero-order valence-electron chi connectivity index (χ0n) is 16.3. The first kappa shape index (κ1) is 21.4. The first-order valence-electron chi connectivity index (χ1n) is 9.89. The van der Waals surface area contributed by atoms with Crippen molar-refractivity contribution in [2.45, 2.75) is 43.8 Å². The van der Waals surface area contributed by atoms with Gasteiger partial charge in [-0.3, -0.25) is 30.0 Å². The van der Waals surface area contributed by atoms with Crippen LogP contribution in [0.15, 0.2) is 24.4 Å². The number of carbonyl (C=O) groups excluding carboxylic acids is 1. The van der Waals surface area contributed by atoms with Crippen LogP contribution in [-0.4, -0.2) is 70.0 Å². The Balaban J connectivity index is 1.48. The van der Waals surface area contributed by atoms with Gasteiger partial charge in [0.25, 0.3) is 5.91 Å². The van der Waals surface area contributed by atoms with E-state index in [1.165, 1.54) is 17.6 Å². The second-order valence-corrected chi connectivity index (χ2v) is 7.60. The Labute approximate surface area is 169 Å². The van der Waals surface area contributed by atoms with Gasteiger partial charge in [0.2, 0.25) is 0 Å². The monoisotopic (exact) mass is 404 g/mol. The Kier molecular flexibility index (Phi) is 7.32. The summed E-state index contributed by atoms with van der Waals surface area (Å²) < 4.78 is 5.34. The predicted octanol–water partition coefficient (Wildman–Crippen LogP) is 0.788. The van der Waals surface area contributed by atoms with Crippen molar-refractivity contribution in [3.05, 3.63) is 35.7 Å². The average molecular weight is 404 g/mol. The molecule has 2 aliphatic rings. The van der Waals surface area contributed by atoms with E-state index in [1.807, 2.05) is 12.1 Å². The molecule has 0 radical (unpaired) electrons. The molecule has 4 N–H and O–H groups in total. The lowest BCUT2D eigenvalue weighted by Crippen LogP contribution is -2.60. The van der Waals surface area contributed by atoms with Crippen LogP contribution in [0.25, 0.3) is 6.08 Å². The van der Waals surface area contributed by atoms with Crippen LogP contribution in [0.5, 0.6) is 0 Å². The first-order chi connectivity index (χ1) is 14.0. The lowest BCUT2D eigenvalue weighted by molar-refractivity contribution is -0.150. The van der Waals surface area contributed by atoms with Crippen LogP contribution in [-0.2, 0) is 20.9 Å².